The number of carbonyl (C=O) groups excluding carboxylic acids is 2. The van der Waals surface area contributed by atoms with E-state index in [1.165, 1.54) is 0 Å². The Morgan fingerprint density at radius 3 is 2.57 bits per heavy atom. The lowest BCUT2D eigenvalue weighted by Gasteiger charge is -2.24. The van der Waals surface area contributed by atoms with E-state index in [2.05, 4.69) is 10.4 Å². The van der Waals surface area contributed by atoms with Crippen LogP contribution >= 0.6 is 11.8 Å². The Labute approximate surface area is 207 Å². The Hall–Kier alpha value is -3.85. The molecular formula is C26H25N5O3S. The number of nitrogens with zero attached hydrogens (tertiary/aromatic N) is 4. The number of aromatic nitrogens is 3. The zero-order chi connectivity index (χ0) is 24.5. The Bertz CT molecular complexity index is 1400. The van der Waals surface area contributed by atoms with E-state index >= 15 is 0 Å². The molecule has 1 unspecified atom stereocenters. The zero-order valence-corrected chi connectivity index (χ0v) is 20.5. The number of methoxy groups -OCH3 is 1. The van der Waals surface area contributed by atoms with E-state index < -0.39 is 6.04 Å². The number of carbonyl (C=O) groups is 2. The molecule has 0 bridgehead atoms. The van der Waals surface area contributed by atoms with Gasteiger partial charge >= 0.3 is 0 Å². The number of hydrogen-bond acceptors (Lipinski definition) is 6. The molecule has 1 fully saturated rings. The molecule has 1 aliphatic heterocycles. The van der Waals surface area contributed by atoms with Gasteiger partial charge < -0.3 is 15.0 Å². The molecule has 3 heterocycles. The smallest absolute Gasteiger partial charge is 0.256 e. The van der Waals surface area contributed by atoms with Gasteiger partial charge in [0.25, 0.3) is 5.91 Å². The average molecular weight is 488 g/mol. The summed E-state index contributed by atoms with van der Waals surface area (Å²) in [6.45, 7) is 1.87. The minimum absolute atomic E-state index is 0.203. The summed E-state index contributed by atoms with van der Waals surface area (Å²) in [6.07, 6.45) is 0. The number of fused-ring (bicyclic) bond motifs is 1. The topological polar surface area (TPSA) is 89.3 Å². The van der Waals surface area contributed by atoms with Crippen LogP contribution in [0.1, 0.15) is 16.1 Å². The van der Waals surface area contributed by atoms with Gasteiger partial charge in [-0.1, -0.05) is 30.3 Å². The molecule has 178 valence electrons. The number of hydrogen-bond donors (Lipinski definition) is 1. The summed E-state index contributed by atoms with van der Waals surface area (Å²) in [4.78, 5) is 33.5. The first kappa shape index (κ1) is 22.9. The second-order valence-electron chi connectivity index (χ2n) is 8.34. The fourth-order valence-corrected chi connectivity index (χ4v) is 5.44. The van der Waals surface area contributed by atoms with E-state index in [0.29, 0.717) is 45.4 Å². The fraction of sp³-hybridized carbons (Fsp3) is 0.231. The Morgan fingerprint density at radius 1 is 1.11 bits per heavy atom. The zero-order valence-electron chi connectivity index (χ0n) is 19.7. The van der Waals surface area contributed by atoms with Crippen LogP contribution in [0, 0.1) is 6.92 Å². The SMILES string of the molecule is COc1ccc(NC(=O)C2CSCN2C(=O)c2cc(-c3ccccc3)nc3c2c(C)nn3C)cc1. The van der Waals surface area contributed by atoms with Crippen molar-refractivity contribution in [3.8, 4) is 17.0 Å². The quantitative estimate of drug-likeness (QED) is 0.456. The monoisotopic (exact) mass is 487 g/mol. The third-order valence-corrected chi connectivity index (χ3v) is 7.08. The summed E-state index contributed by atoms with van der Waals surface area (Å²) >= 11 is 1.56. The molecule has 4 aromatic rings. The van der Waals surface area contributed by atoms with Crippen molar-refractivity contribution in [2.45, 2.75) is 13.0 Å². The summed E-state index contributed by atoms with van der Waals surface area (Å²) in [7, 11) is 3.41. The number of thioether (sulfide) groups is 1. The van der Waals surface area contributed by atoms with Crippen LogP contribution in [0.25, 0.3) is 22.3 Å². The molecule has 0 spiro atoms. The van der Waals surface area contributed by atoms with Crippen LogP contribution < -0.4 is 10.1 Å². The molecule has 1 N–H and O–H groups in total. The normalized spacial score (nSPS) is 15.4. The number of nitrogens with one attached hydrogen (secondary N) is 1. The average Bonchev–Trinajstić information content (AvgIpc) is 3.49. The highest BCUT2D eigenvalue weighted by Crippen LogP contribution is 2.31. The largest absolute Gasteiger partial charge is 0.497 e. The maximum atomic E-state index is 13.9. The molecule has 1 atom stereocenters. The first-order chi connectivity index (χ1) is 17.0. The van der Waals surface area contributed by atoms with Gasteiger partial charge in [0.05, 0.1) is 35.3 Å². The Balaban J connectivity index is 1.49. The molecule has 2 aromatic carbocycles. The third-order valence-electron chi connectivity index (χ3n) is 6.07. The molecule has 2 aromatic heterocycles. The maximum absolute atomic E-state index is 13.9. The number of rotatable bonds is 5. The molecule has 0 saturated carbocycles. The van der Waals surface area contributed by atoms with Crippen molar-refractivity contribution in [1.29, 1.82) is 0 Å². The van der Waals surface area contributed by atoms with Crippen LogP contribution in [0.3, 0.4) is 0 Å². The van der Waals surface area contributed by atoms with Crippen LogP contribution in [-0.4, -0.2) is 56.3 Å². The summed E-state index contributed by atoms with van der Waals surface area (Å²) < 4.78 is 6.87. The molecule has 1 saturated heterocycles. The molecule has 9 heteroatoms. The van der Waals surface area contributed by atoms with E-state index in [9.17, 15) is 9.59 Å². The standard InChI is InChI=1S/C26H25N5O3S/c1-16-23-20(13-21(17-7-5-4-6-8-17)28-24(23)30(2)29-16)26(33)31-15-35-14-22(31)25(32)27-18-9-11-19(34-3)12-10-18/h4-13,22H,14-15H2,1-3H3,(H,27,32). The first-order valence-corrected chi connectivity index (χ1v) is 12.3. The molecule has 0 radical (unpaired) electrons. The summed E-state index contributed by atoms with van der Waals surface area (Å²) in [5.41, 5.74) is 4.12. The minimum atomic E-state index is -0.588. The van der Waals surface area contributed by atoms with Crippen molar-refractivity contribution in [2.75, 3.05) is 24.1 Å². The van der Waals surface area contributed by atoms with E-state index in [1.54, 1.807) is 52.7 Å². The third kappa shape index (κ3) is 4.35. The lowest BCUT2D eigenvalue weighted by Crippen LogP contribution is -2.44. The van der Waals surface area contributed by atoms with Crippen molar-refractivity contribution >= 4 is 40.3 Å². The second-order valence-corrected chi connectivity index (χ2v) is 9.34. The van der Waals surface area contributed by atoms with E-state index in [-0.39, 0.29) is 11.8 Å². The first-order valence-electron chi connectivity index (χ1n) is 11.2. The summed E-state index contributed by atoms with van der Waals surface area (Å²) in [5.74, 6) is 1.25. The predicted octanol–water partition coefficient (Wildman–Crippen LogP) is 4.11. The molecule has 0 aliphatic carbocycles. The highest BCUT2D eigenvalue weighted by molar-refractivity contribution is 7.99. The predicted molar refractivity (Wildman–Crippen MR) is 138 cm³/mol. The lowest BCUT2D eigenvalue weighted by molar-refractivity contribution is -0.119. The molecule has 8 nitrogen and oxygen atoms in total. The number of ether oxygens (including phenoxy) is 1. The molecule has 2 amide bonds. The van der Waals surface area contributed by atoms with Gasteiger partial charge in [0.1, 0.15) is 11.8 Å². The van der Waals surface area contributed by atoms with Crippen molar-refractivity contribution in [2.24, 2.45) is 7.05 Å². The summed E-state index contributed by atoms with van der Waals surface area (Å²) in [5, 5.41) is 8.15. The van der Waals surface area contributed by atoms with E-state index in [1.807, 2.05) is 50.4 Å². The van der Waals surface area contributed by atoms with Crippen molar-refractivity contribution in [3.05, 3.63) is 71.9 Å². The number of benzene rings is 2. The molecule has 5 rings (SSSR count). The van der Waals surface area contributed by atoms with Gasteiger partial charge in [0, 0.05) is 24.1 Å². The highest BCUT2D eigenvalue weighted by atomic mass is 32.2. The number of amides is 2. The Kier molecular flexibility index (Phi) is 6.17. The van der Waals surface area contributed by atoms with Crippen LogP contribution in [0.5, 0.6) is 5.75 Å². The van der Waals surface area contributed by atoms with Crippen molar-refractivity contribution in [3.63, 3.8) is 0 Å². The van der Waals surface area contributed by atoms with Crippen molar-refractivity contribution < 1.29 is 14.3 Å². The summed E-state index contributed by atoms with van der Waals surface area (Å²) in [6, 6.07) is 18.1. The van der Waals surface area contributed by atoms with Gasteiger partial charge in [-0.25, -0.2) is 4.98 Å². The van der Waals surface area contributed by atoms with Gasteiger partial charge in [0.15, 0.2) is 5.65 Å². The number of aryl methyl sites for hydroxylation is 2. The Morgan fingerprint density at radius 2 is 1.86 bits per heavy atom. The van der Waals surface area contributed by atoms with Gasteiger partial charge in [-0.2, -0.15) is 5.10 Å². The highest BCUT2D eigenvalue weighted by Gasteiger charge is 2.36. The lowest BCUT2D eigenvalue weighted by atomic mass is 10.0. The second kappa shape index (κ2) is 9.42. The van der Waals surface area contributed by atoms with Crippen molar-refractivity contribution in [1.82, 2.24) is 19.7 Å². The molecule has 35 heavy (non-hydrogen) atoms. The number of pyridine rings is 1. The molecular weight excluding hydrogens is 462 g/mol. The fourth-order valence-electron chi connectivity index (χ4n) is 4.28. The maximum Gasteiger partial charge on any atom is 0.256 e. The van der Waals surface area contributed by atoms with Crippen LogP contribution in [0.4, 0.5) is 5.69 Å². The van der Waals surface area contributed by atoms with E-state index in [0.717, 1.165) is 11.3 Å². The van der Waals surface area contributed by atoms with Gasteiger partial charge in [0.2, 0.25) is 5.91 Å². The molecule has 1 aliphatic rings. The van der Waals surface area contributed by atoms with Crippen LogP contribution in [-0.2, 0) is 11.8 Å². The van der Waals surface area contributed by atoms with Gasteiger partial charge in [-0.15, -0.1) is 11.8 Å². The van der Waals surface area contributed by atoms with E-state index in [4.69, 9.17) is 9.72 Å². The van der Waals surface area contributed by atoms with Gasteiger partial charge in [-0.3, -0.25) is 14.3 Å². The van der Waals surface area contributed by atoms with Crippen LogP contribution in [0.15, 0.2) is 60.7 Å². The minimum Gasteiger partial charge on any atom is -0.497 e. The number of anilines is 1. The van der Waals surface area contributed by atoms with Gasteiger partial charge in [-0.05, 0) is 37.3 Å². The van der Waals surface area contributed by atoms with Crippen LogP contribution in [0.2, 0.25) is 0 Å².